The lowest BCUT2D eigenvalue weighted by molar-refractivity contribution is -0.193. The van der Waals surface area contributed by atoms with Gasteiger partial charge in [0.15, 0.2) is 0 Å². The molecule has 1 aliphatic heterocycles. The molecule has 1 heterocycles. The van der Waals surface area contributed by atoms with Crippen molar-refractivity contribution in [1.82, 2.24) is 0 Å². The number of methoxy groups -OCH3 is 1. The quantitative estimate of drug-likeness (QED) is 0.526. The number of hydrogen-bond acceptors (Lipinski definition) is 6. The molecule has 0 radical (unpaired) electrons. The first-order valence-electron chi connectivity index (χ1n) is 10.7. The second-order valence-corrected chi connectivity index (χ2v) is 7.74. The van der Waals surface area contributed by atoms with E-state index in [-0.39, 0.29) is 12.2 Å². The third-order valence-corrected chi connectivity index (χ3v) is 5.49. The number of rotatable bonds is 10. The van der Waals surface area contributed by atoms with Gasteiger partial charge in [-0.15, -0.1) is 0 Å². The monoisotopic (exact) mass is 428 g/mol. The molecule has 0 N–H and O–H groups in total. The van der Waals surface area contributed by atoms with Crippen LogP contribution in [0, 0.1) is 6.92 Å². The van der Waals surface area contributed by atoms with E-state index in [0.29, 0.717) is 19.8 Å². The molecule has 0 bridgehead atoms. The second-order valence-electron chi connectivity index (χ2n) is 7.74. The average Bonchev–Trinajstić information content (AvgIpc) is 3.08. The summed E-state index contributed by atoms with van der Waals surface area (Å²) in [6.07, 6.45) is -1.21. The first-order valence-corrected chi connectivity index (χ1v) is 10.7. The van der Waals surface area contributed by atoms with E-state index in [1.54, 1.807) is 7.11 Å². The highest BCUT2D eigenvalue weighted by Crippen LogP contribution is 2.31. The van der Waals surface area contributed by atoms with Crippen molar-refractivity contribution in [1.29, 1.82) is 0 Å². The van der Waals surface area contributed by atoms with Crippen molar-refractivity contribution < 1.29 is 28.5 Å². The number of esters is 1. The molecule has 2 aromatic carbocycles. The Hall–Kier alpha value is -2.25. The number of ether oxygens (including phenoxy) is 5. The van der Waals surface area contributed by atoms with Gasteiger partial charge in [-0.2, -0.15) is 0 Å². The molecule has 168 valence electrons. The van der Waals surface area contributed by atoms with Crippen LogP contribution >= 0.6 is 0 Å². The Bertz CT molecular complexity index is 851. The Morgan fingerprint density at radius 1 is 0.903 bits per heavy atom. The van der Waals surface area contributed by atoms with E-state index >= 15 is 0 Å². The maximum Gasteiger partial charge on any atom is 0.305 e. The average molecular weight is 429 g/mol. The van der Waals surface area contributed by atoms with Gasteiger partial charge >= 0.3 is 5.97 Å². The molecular weight excluding hydrogens is 396 g/mol. The van der Waals surface area contributed by atoms with Crippen molar-refractivity contribution in [3.05, 3.63) is 70.8 Å². The van der Waals surface area contributed by atoms with E-state index in [4.69, 9.17) is 23.7 Å². The predicted molar refractivity (Wildman–Crippen MR) is 116 cm³/mol. The fraction of sp³-hybridized carbons (Fsp3) is 0.480. The topological polar surface area (TPSA) is 63.2 Å². The van der Waals surface area contributed by atoms with E-state index in [0.717, 1.165) is 28.7 Å². The van der Waals surface area contributed by atoms with E-state index in [1.807, 2.05) is 49.4 Å². The Morgan fingerprint density at radius 3 is 2.10 bits per heavy atom. The molecule has 0 saturated carbocycles. The van der Waals surface area contributed by atoms with Crippen LogP contribution in [-0.4, -0.2) is 37.7 Å². The number of aryl methyl sites for hydroxylation is 1. The van der Waals surface area contributed by atoms with E-state index < -0.39 is 18.4 Å². The van der Waals surface area contributed by atoms with Crippen LogP contribution in [0.1, 0.15) is 42.5 Å². The Kier molecular flexibility index (Phi) is 8.60. The minimum absolute atomic E-state index is 0.229. The first-order chi connectivity index (χ1) is 15.0. The van der Waals surface area contributed by atoms with Crippen LogP contribution < -0.4 is 0 Å². The summed E-state index contributed by atoms with van der Waals surface area (Å²) in [5, 5.41) is 0. The number of benzene rings is 2. The zero-order chi connectivity index (χ0) is 22.2. The second kappa shape index (κ2) is 11.4. The molecule has 1 aliphatic rings. The van der Waals surface area contributed by atoms with Gasteiger partial charge < -0.3 is 23.7 Å². The highest BCUT2D eigenvalue weighted by molar-refractivity contribution is 5.66. The maximum atomic E-state index is 11.7. The summed E-state index contributed by atoms with van der Waals surface area (Å²) < 4.78 is 29.3. The van der Waals surface area contributed by atoms with Gasteiger partial charge in [-0.05, 0) is 35.6 Å². The van der Waals surface area contributed by atoms with Gasteiger partial charge in [0, 0.05) is 14.0 Å². The molecule has 2 aromatic rings. The number of hydrogen-bond donors (Lipinski definition) is 0. The van der Waals surface area contributed by atoms with Crippen LogP contribution in [0.2, 0.25) is 0 Å². The van der Waals surface area contributed by atoms with Crippen LogP contribution in [0.4, 0.5) is 0 Å². The summed E-state index contributed by atoms with van der Waals surface area (Å²) in [7, 11) is 1.67. The summed E-state index contributed by atoms with van der Waals surface area (Å²) in [5.74, 6) is -0.409. The van der Waals surface area contributed by atoms with Gasteiger partial charge in [-0.3, -0.25) is 4.79 Å². The van der Waals surface area contributed by atoms with E-state index in [9.17, 15) is 4.79 Å². The Balaban J connectivity index is 1.77. The lowest BCUT2D eigenvalue weighted by atomic mass is 10.1. The zero-order valence-electron chi connectivity index (χ0n) is 18.7. The zero-order valence-corrected chi connectivity index (χ0v) is 18.7. The van der Waals surface area contributed by atoms with E-state index in [1.165, 1.54) is 6.92 Å². The smallest absolute Gasteiger partial charge is 0.305 e. The molecule has 6 nitrogen and oxygen atoms in total. The fourth-order valence-electron chi connectivity index (χ4n) is 3.79. The molecule has 1 fully saturated rings. The van der Waals surface area contributed by atoms with Crippen molar-refractivity contribution in [3.8, 4) is 0 Å². The highest BCUT2D eigenvalue weighted by Gasteiger charge is 2.47. The Labute approximate surface area is 184 Å². The minimum atomic E-state index is -0.807. The highest BCUT2D eigenvalue weighted by atomic mass is 16.7. The third kappa shape index (κ3) is 6.14. The van der Waals surface area contributed by atoms with Crippen molar-refractivity contribution in [2.45, 2.75) is 71.6 Å². The minimum Gasteiger partial charge on any atom is -0.433 e. The van der Waals surface area contributed by atoms with E-state index in [2.05, 4.69) is 13.0 Å². The maximum absolute atomic E-state index is 11.7. The van der Waals surface area contributed by atoms with Crippen LogP contribution in [0.5, 0.6) is 0 Å². The normalized spacial score (nSPS) is 23.1. The van der Waals surface area contributed by atoms with Crippen LogP contribution in [0.15, 0.2) is 48.5 Å². The van der Waals surface area contributed by atoms with Gasteiger partial charge in [-0.25, -0.2) is 0 Å². The largest absolute Gasteiger partial charge is 0.433 e. The molecule has 6 heteroatoms. The van der Waals surface area contributed by atoms with Crippen LogP contribution in [0.25, 0.3) is 0 Å². The summed E-state index contributed by atoms with van der Waals surface area (Å²) in [6, 6.07) is 16.1. The molecule has 0 amide bonds. The van der Waals surface area contributed by atoms with Crippen molar-refractivity contribution in [3.63, 3.8) is 0 Å². The third-order valence-electron chi connectivity index (χ3n) is 5.49. The first kappa shape index (κ1) is 23.4. The SMILES string of the molecule is CC[C@H]1OC(OC(C)=O)[C@H](OCc2ccccc2COC)[C@H]1OCc1ccccc1C. The molecule has 0 spiro atoms. The van der Waals surface area contributed by atoms with Gasteiger partial charge in [0.25, 0.3) is 0 Å². The van der Waals surface area contributed by atoms with Crippen molar-refractivity contribution >= 4 is 5.97 Å². The number of carbonyl (C=O) groups excluding carboxylic acids is 1. The van der Waals surface area contributed by atoms with Gasteiger partial charge in [-0.1, -0.05) is 55.5 Å². The molecule has 0 aliphatic carbocycles. The molecule has 3 rings (SSSR count). The van der Waals surface area contributed by atoms with Crippen LogP contribution in [0.3, 0.4) is 0 Å². The molecule has 1 saturated heterocycles. The van der Waals surface area contributed by atoms with Gasteiger partial charge in [0.2, 0.25) is 6.29 Å². The van der Waals surface area contributed by atoms with Crippen molar-refractivity contribution in [2.24, 2.45) is 0 Å². The molecule has 31 heavy (non-hydrogen) atoms. The summed E-state index contributed by atoms with van der Waals surface area (Å²) in [4.78, 5) is 11.7. The standard InChI is InChI=1S/C25H32O6/c1-5-22-23(28-15-19-11-7-6-10-17(19)2)24(25(31-22)30-18(3)26)29-16-21-13-9-8-12-20(21)14-27-4/h6-13,22-25H,5,14-16H2,1-4H3/t22-,23+,24-,25?/m1/s1. The number of carbonyl (C=O) groups is 1. The lowest BCUT2D eigenvalue weighted by Crippen LogP contribution is -2.39. The molecular formula is C25H32O6. The Morgan fingerprint density at radius 2 is 1.48 bits per heavy atom. The summed E-state index contributed by atoms with van der Waals surface area (Å²) in [6.45, 7) is 6.73. The van der Waals surface area contributed by atoms with Gasteiger partial charge in [0.1, 0.15) is 12.2 Å². The molecule has 0 aromatic heterocycles. The van der Waals surface area contributed by atoms with Gasteiger partial charge in [0.05, 0.1) is 25.9 Å². The fourth-order valence-corrected chi connectivity index (χ4v) is 3.79. The predicted octanol–water partition coefficient (Wildman–Crippen LogP) is 4.31. The molecule has 4 atom stereocenters. The summed E-state index contributed by atoms with van der Waals surface area (Å²) >= 11 is 0. The van der Waals surface area contributed by atoms with Crippen LogP contribution in [-0.2, 0) is 48.3 Å². The summed E-state index contributed by atoms with van der Waals surface area (Å²) in [5.41, 5.74) is 4.34. The van der Waals surface area contributed by atoms with Crippen molar-refractivity contribution in [2.75, 3.05) is 7.11 Å². The molecule has 1 unspecified atom stereocenters. The lowest BCUT2D eigenvalue weighted by Gasteiger charge is -2.25.